The molecule has 146 valence electrons. The van der Waals surface area contributed by atoms with Crippen molar-refractivity contribution in [1.29, 1.82) is 0 Å². The third kappa shape index (κ3) is 4.67. The number of rotatable bonds is 4. The molecular formula is C18H22ClN3O3S2. The van der Waals surface area contributed by atoms with Gasteiger partial charge in [0.15, 0.2) is 5.17 Å². The molecule has 1 aliphatic carbocycles. The number of hydrogen-bond acceptors (Lipinski definition) is 5. The zero-order valence-corrected chi connectivity index (χ0v) is 17.6. The minimum atomic E-state index is -3.93. The van der Waals surface area contributed by atoms with Crippen molar-refractivity contribution in [2.75, 3.05) is 14.1 Å². The minimum Gasteiger partial charge on any atom is -0.382 e. The van der Waals surface area contributed by atoms with Crippen LogP contribution in [0.5, 0.6) is 0 Å². The number of halogens is 1. The number of hydrogen-bond donors (Lipinski definition) is 0. The predicted molar refractivity (Wildman–Crippen MR) is 109 cm³/mol. The Labute approximate surface area is 169 Å². The molecule has 1 amide bonds. The highest BCUT2D eigenvalue weighted by molar-refractivity contribution is 8.19. The van der Waals surface area contributed by atoms with Gasteiger partial charge in [0.1, 0.15) is 0 Å². The van der Waals surface area contributed by atoms with Crippen LogP contribution >= 0.6 is 23.4 Å². The first kappa shape index (κ1) is 20.2. The molecule has 1 saturated carbocycles. The van der Waals surface area contributed by atoms with Gasteiger partial charge >= 0.3 is 0 Å². The van der Waals surface area contributed by atoms with E-state index in [2.05, 4.69) is 4.40 Å². The molecule has 0 spiro atoms. The van der Waals surface area contributed by atoms with Crippen LogP contribution in [0.3, 0.4) is 0 Å². The second-order valence-corrected chi connectivity index (χ2v) is 9.88. The van der Waals surface area contributed by atoms with Crippen LogP contribution in [0.15, 0.2) is 44.7 Å². The summed E-state index contributed by atoms with van der Waals surface area (Å²) in [5.74, 6) is -0.175. The van der Waals surface area contributed by atoms with E-state index in [-0.39, 0.29) is 22.0 Å². The summed E-state index contributed by atoms with van der Waals surface area (Å²) < 4.78 is 29.5. The van der Waals surface area contributed by atoms with E-state index >= 15 is 0 Å². The summed E-state index contributed by atoms with van der Waals surface area (Å²) in [7, 11) is -0.284. The fraction of sp³-hybridized carbons (Fsp3) is 0.444. The topological polar surface area (TPSA) is 70.1 Å². The van der Waals surface area contributed by atoms with E-state index in [1.165, 1.54) is 24.3 Å². The van der Waals surface area contributed by atoms with Crippen LogP contribution in [0.2, 0.25) is 5.02 Å². The molecule has 2 aliphatic rings. The standard InChI is InChI=1S/C18H22ClN3O3S2/c1-21(2)12-16-17(23)22(14-6-4-3-5-7-14)18(26-16)20-27(24,25)15-10-8-13(19)9-11-15/h8-12,14H,3-7H2,1-2H3. The Bertz CT molecular complexity index is 874. The molecule has 27 heavy (non-hydrogen) atoms. The average Bonchev–Trinajstić information content (AvgIpc) is 2.90. The molecule has 0 aromatic heterocycles. The quantitative estimate of drug-likeness (QED) is 0.685. The third-order valence-electron chi connectivity index (χ3n) is 4.46. The summed E-state index contributed by atoms with van der Waals surface area (Å²) in [4.78, 5) is 16.8. The third-order valence-corrected chi connectivity index (χ3v) is 7.08. The van der Waals surface area contributed by atoms with E-state index < -0.39 is 10.0 Å². The molecule has 1 aliphatic heterocycles. The van der Waals surface area contributed by atoms with E-state index in [0.717, 1.165) is 43.9 Å². The Morgan fingerprint density at radius 2 is 1.81 bits per heavy atom. The van der Waals surface area contributed by atoms with Gasteiger partial charge < -0.3 is 4.90 Å². The van der Waals surface area contributed by atoms with Crippen LogP contribution in [-0.4, -0.2) is 49.4 Å². The smallest absolute Gasteiger partial charge is 0.284 e. The molecular weight excluding hydrogens is 406 g/mol. The lowest BCUT2D eigenvalue weighted by Crippen LogP contribution is -2.40. The van der Waals surface area contributed by atoms with Gasteiger partial charge in [-0.1, -0.05) is 30.9 Å². The first-order valence-corrected chi connectivity index (χ1v) is 11.4. The highest BCUT2D eigenvalue weighted by atomic mass is 35.5. The van der Waals surface area contributed by atoms with Crippen LogP contribution in [0.4, 0.5) is 0 Å². The second-order valence-electron chi connectivity index (χ2n) is 6.83. The number of amidine groups is 1. The number of benzene rings is 1. The summed E-state index contributed by atoms with van der Waals surface area (Å²) >= 11 is 6.96. The van der Waals surface area contributed by atoms with Crippen LogP contribution in [-0.2, 0) is 14.8 Å². The summed E-state index contributed by atoms with van der Waals surface area (Å²) in [5, 5.41) is 0.682. The summed E-state index contributed by atoms with van der Waals surface area (Å²) in [5.41, 5.74) is 0. The maximum atomic E-state index is 12.9. The van der Waals surface area contributed by atoms with E-state index in [1.54, 1.807) is 16.0 Å². The molecule has 0 N–H and O–H groups in total. The van der Waals surface area contributed by atoms with Crippen molar-refractivity contribution in [3.05, 3.63) is 40.4 Å². The highest BCUT2D eigenvalue weighted by Gasteiger charge is 2.40. The number of carbonyl (C=O) groups is 1. The van der Waals surface area contributed by atoms with Gasteiger partial charge in [0, 0.05) is 31.4 Å². The van der Waals surface area contributed by atoms with Gasteiger partial charge in [-0.15, -0.1) is 4.40 Å². The Morgan fingerprint density at radius 1 is 1.19 bits per heavy atom. The fourth-order valence-corrected chi connectivity index (χ4v) is 5.62. The molecule has 6 nitrogen and oxygen atoms in total. The van der Waals surface area contributed by atoms with Crippen molar-refractivity contribution < 1.29 is 13.2 Å². The molecule has 0 bridgehead atoms. The van der Waals surface area contributed by atoms with Crippen molar-refractivity contribution in [2.45, 2.75) is 43.0 Å². The second kappa shape index (κ2) is 8.24. The van der Waals surface area contributed by atoms with Crippen LogP contribution in [0.1, 0.15) is 32.1 Å². The normalized spacial score (nSPS) is 22.0. The molecule has 2 fully saturated rings. The van der Waals surface area contributed by atoms with E-state index in [1.807, 2.05) is 14.1 Å². The van der Waals surface area contributed by atoms with Crippen LogP contribution in [0, 0.1) is 0 Å². The van der Waals surface area contributed by atoms with Crippen molar-refractivity contribution in [3.8, 4) is 0 Å². The van der Waals surface area contributed by atoms with Crippen LogP contribution in [0.25, 0.3) is 0 Å². The molecule has 0 unspecified atom stereocenters. The Balaban J connectivity index is 1.99. The number of nitrogens with zero attached hydrogens (tertiary/aromatic N) is 3. The molecule has 9 heteroatoms. The molecule has 1 aromatic rings. The lowest BCUT2D eigenvalue weighted by atomic mass is 9.94. The Morgan fingerprint density at radius 3 is 2.41 bits per heavy atom. The SMILES string of the molecule is CN(C)C=C1SC(=NS(=O)(=O)c2ccc(Cl)cc2)N(C2CCCCC2)C1=O. The molecule has 3 rings (SSSR count). The molecule has 0 atom stereocenters. The number of thioether (sulfide) groups is 1. The zero-order valence-electron chi connectivity index (χ0n) is 15.3. The number of sulfonamides is 1. The molecule has 0 radical (unpaired) electrons. The van der Waals surface area contributed by atoms with E-state index in [9.17, 15) is 13.2 Å². The predicted octanol–water partition coefficient (Wildman–Crippen LogP) is 3.70. The fourth-order valence-electron chi connectivity index (χ4n) is 3.20. The monoisotopic (exact) mass is 427 g/mol. The van der Waals surface area contributed by atoms with Crippen molar-refractivity contribution in [1.82, 2.24) is 9.80 Å². The largest absolute Gasteiger partial charge is 0.382 e. The molecule has 1 aromatic carbocycles. The van der Waals surface area contributed by atoms with Gasteiger partial charge in [0.25, 0.3) is 15.9 Å². The van der Waals surface area contributed by atoms with Gasteiger partial charge in [-0.25, -0.2) is 0 Å². The van der Waals surface area contributed by atoms with Crippen LogP contribution < -0.4 is 0 Å². The van der Waals surface area contributed by atoms with Gasteiger partial charge in [0.2, 0.25) is 0 Å². The molecule has 1 saturated heterocycles. The van der Waals surface area contributed by atoms with Gasteiger partial charge in [0.05, 0.1) is 9.80 Å². The first-order chi connectivity index (χ1) is 12.8. The average molecular weight is 428 g/mol. The Kier molecular flexibility index (Phi) is 6.18. The van der Waals surface area contributed by atoms with Gasteiger partial charge in [-0.3, -0.25) is 9.69 Å². The maximum absolute atomic E-state index is 12.9. The maximum Gasteiger partial charge on any atom is 0.284 e. The van der Waals surface area contributed by atoms with E-state index in [4.69, 9.17) is 11.6 Å². The van der Waals surface area contributed by atoms with Crippen molar-refractivity contribution in [2.24, 2.45) is 4.40 Å². The molecule has 1 heterocycles. The number of amides is 1. The summed E-state index contributed by atoms with van der Waals surface area (Å²) in [6.45, 7) is 0. The van der Waals surface area contributed by atoms with E-state index in [0.29, 0.717) is 9.93 Å². The zero-order chi connectivity index (χ0) is 19.6. The van der Waals surface area contributed by atoms with Crippen molar-refractivity contribution in [3.63, 3.8) is 0 Å². The number of carbonyl (C=O) groups excluding carboxylic acids is 1. The van der Waals surface area contributed by atoms with Gasteiger partial charge in [-0.2, -0.15) is 8.42 Å². The van der Waals surface area contributed by atoms with Gasteiger partial charge in [-0.05, 0) is 48.9 Å². The van der Waals surface area contributed by atoms with Crippen molar-refractivity contribution >= 4 is 44.5 Å². The highest BCUT2D eigenvalue weighted by Crippen LogP contribution is 2.37. The first-order valence-electron chi connectivity index (χ1n) is 8.78. The lowest BCUT2D eigenvalue weighted by molar-refractivity contribution is -0.124. The Hall–Kier alpha value is -1.51. The minimum absolute atomic E-state index is 0.00835. The lowest BCUT2D eigenvalue weighted by Gasteiger charge is -2.30. The summed E-state index contributed by atoms with van der Waals surface area (Å²) in [6, 6.07) is 5.86. The summed E-state index contributed by atoms with van der Waals surface area (Å²) in [6.07, 6.45) is 6.64.